The van der Waals surface area contributed by atoms with Gasteiger partial charge in [-0.15, -0.1) is 0 Å². The van der Waals surface area contributed by atoms with E-state index in [0.29, 0.717) is 12.1 Å². The van der Waals surface area contributed by atoms with E-state index in [4.69, 9.17) is 0 Å². The molecule has 0 bridgehead atoms. The first-order chi connectivity index (χ1) is 8.10. The minimum Gasteiger partial charge on any atom is -0.279 e. The first-order valence-electron chi connectivity index (χ1n) is 4.38. The molecule has 1 atom stereocenters. The Bertz CT molecular complexity index is 422. The lowest BCUT2D eigenvalue weighted by Crippen LogP contribution is -2.18. The zero-order valence-corrected chi connectivity index (χ0v) is 9.33. The highest BCUT2D eigenvalue weighted by atomic mass is 32.2. The average Bonchev–Trinajstić information content (AvgIpc) is 2.24. The maximum absolute atomic E-state index is 12.2. The van der Waals surface area contributed by atoms with Crippen molar-refractivity contribution in [3.8, 4) is 0 Å². The predicted molar refractivity (Wildman–Crippen MR) is 50.4 cm³/mol. The Labute approximate surface area is 100 Å². The van der Waals surface area contributed by atoms with Gasteiger partial charge in [0.15, 0.2) is 0 Å². The maximum atomic E-state index is 12.2. The maximum Gasteiger partial charge on any atom is 0.497 e. The van der Waals surface area contributed by atoms with Crippen LogP contribution in [0, 0.1) is 0 Å². The van der Waals surface area contributed by atoms with Gasteiger partial charge >= 0.3 is 11.7 Å². The summed E-state index contributed by atoms with van der Waals surface area (Å²) < 4.78 is 86.3. The van der Waals surface area contributed by atoms with Crippen molar-refractivity contribution >= 4 is 11.1 Å². The minimum absolute atomic E-state index is 0.0561. The van der Waals surface area contributed by atoms with E-state index in [-0.39, 0.29) is 5.56 Å². The molecule has 0 saturated carbocycles. The summed E-state index contributed by atoms with van der Waals surface area (Å²) in [6.45, 7) is -0.690. The molecule has 0 aliphatic heterocycles. The monoisotopic (exact) mass is 292 g/mol. The van der Waals surface area contributed by atoms with Gasteiger partial charge in [-0.25, -0.2) is 4.21 Å². The molecule has 0 saturated heterocycles. The third-order valence-electron chi connectivity index (χ3n) is 1.80. The lowest BCUT2D eigenvalue weighted by Gasteiger charge is -2.08. The van der Waals surface area contributed by atoms with Crippen LogP contribution in [0.15, 0.2) is 24.3 Å². The fourth-order valence-corrected chi connectivity index (χ4v) is 1.36. The summed E-state index contributed by atoms with van der Waals surface area (Å²) in [6, 6.07) is 3.32. The molecule has 0 amide bonds. The van der Waals surface area contributed by atoms with Crippen molar-refractivity contribution < 1.29 is 34.7 Å². The van der Waals surface area contributed by atoms with Crippen LogP contribution in [0.2, 0.25) is 0 Å². The van der Waals surface area contributed by atoms with Crippen molar-refractivity contribution in [2.45, 2.75) is 18.3 Å². The molecule has 18 heavy (non-hydrogen) atoms. The van der Waals surface area contributed by atoms with Crippen molar-refractivity contribution in [3.05, 3.63) is 35.4 Å². The van der Waals surface area contributed by atoms with Crippen LogP contribution < -0.4 is 0 Å². The molecule has 0 N–H and O–H groups in total. The van der Waals surface area contributed by atoms with Crippen LogP contribution in [-0.4, -0.2) is 9.72 Å². The van der Waals surface area contributed by atoms with Gasteiger partial charge in [0.25, 0.3) is 11.1 Å². The Morgan fingerprint density at radius 2 is 1.50 bits per heavy atom. The zero-order chi connectivity index (χ0) is 14.0. The summed E-state index contributed by atoms with van der Waals surface area (Å²) >= 11 is -3.48. The lowest BCUT2D eigenvalue weighted by atomic mass is 10.1. The van der Waals surface area contributed by atoms with Crippen molar-refractivity contribution in [1.29, 1.82) is 0 Å². The Morgan fingerprint density at radius 3 is 1.89 bits per heavy atom. The minimum atomic E-state index is -5.01. The quantitative estimate of drug-likeness (QED) is 0.798. The molecule has 1 unspecified atom stereocenters. The second kappa shape index (κ2) is 5.27. The van der Waals surface area contributed by atoms with E-state index in [2.05, 4.69) is 4.18 Å². The van der Waals surface area contributed by atoms with Crippen molar-refractivity contribution in [1.82, 2.24) is 0 Å². The van der Waals surface area contributed by atoms with E-state index >= 15 is 0 Å². The van der Waals surface area contributed by atoms with Gasteiger partial charge in [0, 0.05) is 0 Å². The van der Waals surface area contributed by atoms with Crippen LogP contribution in [0.4, 0.5) is 26.3 Å². The van der Waals surface area contributed by atoms with Gasteiger partial charge in [0.2, 0.25) is 0 Å². The van der Waals surface area contributed by atoms with Crippen LogP contribution in [-0.2, 0) is 28.0 Å². The summed E-state index contributed by atoms with van der Waals surface area (Å²) in [5, 5.41) is 0. The zero-order valence-electron chi connectivity index (χ0n) is 8.51. The molecule has 0 aliphatic rings. The standard InChI is InChI=1S/C9H6F6O2S/c10-8(11,12)7-3-1-6(2-4-7)5-17-18(16)9(13,14)15/h1-4H,5H2. The number of rotatable bonds is 3. The van der Waals surface area contributed by atoms with Gasteiger partial charge in [-0.2, -0.15) is 26.3 Å². The molecule has 1 rings (SSSR count). The number of hydrogen-bond acceptors (Lipinski definition) is 2. The Kier molecular flexibility index (Phi) is 4.38. The molecule has 0 radical (unpaired) electrons. The van der Waals surface area contributed by atoms with E-state index in [1.54, 1.807) is 0 Å². The lowest BCUT2D eigenvalue weighted by molar-refractivity contribution is -0.137. The smallest absolute Gasteiger partial charge is 0.279 e. The first kappa shape index (κ1) is 15.0. The summed E-state index contributed by atoms with van der Waals surface area (Å²) in [4.78, 5) is 0. The fourth-order valence-electron chi connectivity index (χ4n) is 0.978. The van der Waals surface area contributed by atoms with Crippen LogP contribution in [0.5, 0.6) is 0 Å². The second-order valence-corrected chi connectivity index (χ2v) is 4.31. The van der Waals surface area contributed by atoms with Crippen LogP contribution >= 0.6 is 0 Å². The van der Waals surface area contributed by atoms with Gasteiger partial charge in [-0.05, 0) is 17.7 Å². The largest absolute Gasteiger partial charge is 0.497 e. The molecule has 102 valence electrons. The van der Waals surface area contributed by atoms with E-state index < -0.39 is 34.9 Å². The summed E-state index contributed by atoms with van der Waals surface area (Å²) in [5.41, 5.74) is -5.88. The van der Waals surface area contributed by atoms with E-state index in [1.165, 1.54) is 0 Å². The van der Waals surface area contributed by atoms with E-state index in [9.17, 15) is 30.6 Å². The molecule has 1 aromatic rings. The van der Waals surface area contributed by atoms with Gasteiger partial charge < -0.3 is 0 Å². The highest BCUT2D eigenvalue weighted by Crippen LogP contribution is 2.29. The molecule has 1 aromatic carbocycles. The summed E-state index contributed by atoms with van der Waals surface area (Å²) in [6.07, 6.45) is -4.52. The third-order valence-corrected chi connectivity index (χ3v) is 2.51. The molecule has 2 nitrogen and oxygen atoms in total. The van der Waals surface area contributed by atoms with Gasteiger partial charge in [-0.3, -0.25) is 4.18 Å². The Hall–Kier alpha value is -1.09. The number of benzene rings is 1. The summed E-state index contributed by atoms with van der Waals surface area (Å²) in [5.74, 6) is 0. The topological polar surface area (TPSA) is 26.3 Å². The van der Waals surface area contributed by atoms with Crippen LogP contribution in [0.3, 0.4) is 0 Å². The highest BCUT2D eigenvalue weighted by Gasteiger charge is 2.38. The molecule has 0 fully saturated rings. The van der Waals surface area contributed by atoms with Crippen LogP contribution in [0.1, 0.15) is 11.1 Å². The first-order valence-corrected chi connectivity index (χ1v) is 5.46. The Morgan fingerprint density at radius 1 is 1.00 bits per heavy atom. The normalized spacial score (nSPS) is 14.6. The SMILES string of the molecule is O=S(OCc1ccc(C(F)(F)F)cc1)C(F)(F)F. The molecule has 0 spiro atoms. The van der Waals surface area contributed by atoms with Gasteiger partial charge in [0.05, 0.1) is 12.2 Å². The van der Waals surface area contributed by atoms with Gasteiger partial charge in [-0.1, -0.05) is 12.1 Å². The van der Waals surface area contributed by atoms with E-state index in [0.717, 1.165) is 12.1 Å². The molecule has 0 heterocycles. The van der Waals surface area contributed by atoms with Crippen molar-refractivity contribution in [3.63, 3.8) is 0 Å². The fraction of sp³-hybridized carbons (Fsp3) is 0.333. The second-order valence-electron chi connectivity index (χ2n) is 3.14. The number of hydrogen-bond donors (Lipinski definition) is 0. The molecule has 0 aliphatic carbocycles. The van der Waals surface area contributed by atoms with Gasteiger partial charge in [0.1, 0.15) is 0 Å². The van der Waals surface area contributed by atoms with E-state index in [1.807, 2.05) is 0 Å². The summed E-state index contributed by atoms with van der Waals surface area (Å²) in [7, 11) is 0. The molecule has 0 aromatic heterocycles. The average molecular weight is 292 g/mol. The Balaban J connectivity index is 2.63. The highest BCUT2D eigenvalue weighted by molar-refractivity contribution is 7.81. The molecule has 9 heteroatoms. The number of alkyl halides is 6. The predicted octanol–water partition coefficient (Wildman–Crippen LogP) is 3.41. The third kappa shape index (κ3) is 4.30. The molecular weight excluding hydrogens is 286 g/mol. The van der Waals surface area contributed by atoms with Crippen molar-refractivity contribution in [2.75, 3.05) is 0 Å². The van der Waals surface area contributed by atoms with Crippen molar-refractivity contribution in [2.24, 2.45) is 0 Å². The molecular formula is C9H6F6O2S. The van der Waals surface area contributed by atoms with Crippen LogP contribution in [0.25, 0.3) is 0 Å². The number of halogens is 6.